The van der Waals surface area contributed by atoms with Gasteiger partial charge in [-0.1, -0.05) is 0 Å². The Morgan fingerprint density at radius 2 is 1.77 bits per heavy atom. The Hall–Kier alpha value is -0.830. The number of rotatable bonds is 4. The molecule has 0 aliphatic heterocycles. The van der Waals surface area contributed by atoms with Crippen LogP contribution in [-0.4, -0.2) is 17.9 Å². The monoisotopic (exact) mass is 317 g/mol. The third-order valence-electron chi connectivity index (χ3n) is 6.31. The van der Waals surface area contributed by atoms with E-state index < -0.39 is 0 Å². The van der Waals surface area contributed by atoms with Crippen molar-refractivity contribution in [2.24, 2.45) is 23.2 Å². The van der Waals surface area contributed by atoms with Crippen LogP contribution in [0.3, 0.4) is 0 Å². The molecule has 0 N–H and O–H groups in total. The molecule has 3 heteroatoms. The Kier molecular flexibility index (Phi) is 3.60. The summed E-state index contributed by atoms with van der Waals surface area (Å²) in [5, 5.41) is 0. The highest BCUT2D eigenvalue weighted by Crippen LogP contribution is 2.61. The lowest BCUT2D eigenvalue weighted by Crippen LogP contribution is -2.48. The fourth-order valence-electron chi connectivity index (χ4n) is 5.85. The predicted molar refractivity (Wildman–Crippen MR) is 90.8 cm³/mol. The van der Waals surface area contributed by atoms with Crippen molar-refractivity contribution in [3.8, 4) is 0 Å². The third kappa shape index (κ3) is 2.73. The Morgan fingerprint density at radius 1 is 1.18 bits per heavy atom. The van der Waals surface area contributed by atoms with Crippen LogP contribution < -0.4 is 0 Å². The molecule has 4 fully saturated rings. The minimum absolute atomic E-state index is 0.367. The van der Waals surface area contributed by atoms with Crippen LogP contribution in [0.1, 0.15) is 54.7 Å². The van der Waals surface area contributed by atoms with E-state index in [0.29, 0.717) is 11.3 Å². The summed E-state index contributed by atoms with van der Waals surface area (Å²) in [7, 11) is 1.98. The van der Waals surface area contributed by atoms with Gasteiger partial charge in [-0.05, 0) is 80.8 Å². The molecule has 22 heavy (non-hydrogen) atoms. The number of amides is 1. The summed E-state index contributed by atoms with van der Waals surface area (Å²) in [6.07, 6.45) is 9.16. The molecule has 0 saturated heterocycles. The van der Waals surface area contributed by atoms with Crippen molar-refractivity contribution in [2.75, 3.05) is 7.05 Å². The second-order valence-corrected chi connectivity index (χ2v) is 9.73. The summed E-state index contributed by atoms with van der Waals surface area (Å²) in [6, 6.07) is 4.31. The first kappa shape index (κ1) is 14.7. The lowest BCUT2D eigenvalue weighted by atomic mass is 9.49. The summed E-state index contributed by atoms with van der Waals surface area (Å²) >= 11 is 1.81. The van der Waals surface area contributed by atoms with Gasteiger partial charge in [-0.3, -0.25) is 4.79 Å². The van der Waals surface area contributed by atoms with Gasteiger partial charge in [0, 0.05) is 23.2 Å². The van der Waals surface area contributed by atoms with Crippen LogP contribution in [0.5, 0.6) is 0 Å². The van der Waals surface area contributed by atoms with Crippen LogP contribution >= 0.6 is 11.3 Å². The zero-order valence-corrected chi connectivity index (χ0v) is 14.6. The fourth-order valence-corrected chi connectivity index (χ4v) is 6.80. The minimum atomic E-state index is 0.367. The van der Waals surface area contributed by atoms with Crippen molar-refractivity contribution in [3.05, 3.63) is 21.9 Å². The Bertz CT molecular complexity index is 540. The highest BCUT2D eigenvalue weighted by molar-refractivity contribution is 7.11. The van der Waals surface area contributed by atoms with E-state index >= 15 is 0 Å². The van der Waals surface area contributed by atoms with Crippen LogP contribution in [0.4, 0.5) is 0 Å². The molecule has 0 radical (unpaired) electrons. The number of nitrogens with zero attached hydrogens (tertiary/aromatic N) is 1. The van der Waals surface area contributed by atoms with Gasteiger partial charge in [-0.15, -0.1) is 11.3 Å². The maximum absolute atomic E-state index is 12.8. The van der Waals surface area contributed by atoms with Gasteiger partial charge in [0.1, 0.15) is 0 Å². The van der Waals surface area contributed by atoms with E-state index in [4.69, 9.17) is 0 Å². The number of carbonyl (C=O) groups is 1. The molecule has 5 rings (SSSR count). The van der Waals surface area contributed by atoms with E-state index in [0.717, 1.165) is 30.7 Å². The van der Waals surface area contributed by atoms with E-state index in [1.54, 1.807) is 0 Å². The van der Waals surface area contributed by atoms with E-state index in [2.05, 4.69) is 19.1 Å². The molecule has 1 amide bonds. The number of carbonyl (C=O) groups excluding carboxylic acids is 1. The topological polar surface area (TPSA) is 20.3 Å². The summed E-state index contributed by atoms with van der Waals surface area (Å²) < 4.78 is 0. The first-order valence-electron chi connectivity index (χ1n) is 8.81. The maximum Gasteiger partial charge on any atom is 0.223 e. The van der Waals surface area contributed by atoms with Crippen molar-refractivity contribution in [2.45, 2.75) is 58.4 Å². The number of hydrogen-bond acceptors (Lipinski definition) is 2. The molecule has 120 valence electrons. The van der Waals surface area contributed by atoms with Crippen molar-refractivity contribution in [1.29, 1.82) is 0 Å². The molecule has 0 unspecified atom stereocenters. The SMILES string of the molecule is Cc1ccc(CN(C)C(=O)CC23CC4CC(CC(C4)C2)C3)s1. The Morgan fingerprint density at radius 3 is 2.27 bits per heavy atom. The maximum atomic E-state index is 12.8. The number of thiophene rings is 1. The van der Waals surface area contributed by atoms with Crippen LogP contribution in [0.25, 0.3) is 0 Å². The van der Waals surface area contributed by atoms with Gasteiger partial charge in [0.15, 0.2) is 0 Å². The molecule has 0 spiro atoms. The smallest absolute Gasteiger partial charge is 0.223 e. The predicted octanol–water partition coefficient (Wildman–Crippen LogP) is 4.62. The lowest BCUT2D eigenvalue weighted by molar-refractivity contribution is -0.138. The normalized spacial score (nSPS) is 35.8. The molecule has 1 aromatic heterocycles. The zero-order chi connectivity index (χ0) is 15.3. The second-order valence-electron chi connectivity index (χ2n) is 8.36. The molecular weight excluding hydrogens is 290 g/mol. The number of hydrogen-bond donors (Lipinski definition) is 0. The van der Waals surface area contributed by atoms with Crippen LogP contribution in [0, 0.1) is 30.1 Å². The van der Waals surface area contributed by atoms with Crippen molar-refractivity contribution in [1.82, 2.24) is 4.90 Å². The van der Waals surface area contributed by atoms with Gasteiger partial charge in [-0.2, -0.15) is 0 Å². The molecule has 1 heterocycles. The molecule has 4 aliphatic carbocycles. The van der Waals surface area contributed by atoms with Gasteiger partial charge in [-0.25, -0.2) is 0 Å². The van der Waals surface area contributed by atoms with Gasteiger partial charge in [0.25, 0.3) is 0 Å². The molecule has 4 saturated carbocycles. The van der Waals surface area contributed by atoms with Crippen LogP contribution in [0.15, 0.2) is 12.1 Å². The van der Waals surface area contributed by atoms with Gasteiger partial charge in [0.2, 0.25) is 5.91 Å². The molecule has 1 aromatic rings. The van der Waals surface area contributed by atoms with Gasteiger partial charge < -0.3 is 4.90 Å². The first-order chi connectivity index (χ1) is 10.5. The fraction of sp³-hybridized carbons (Fsp3) is 0.737. The first-order valence-corrected chi connectivity index (χ1v) is 9.62. The van der Waals surface area contributed by atoms with Crippen LogP contribution in [0.2, 0.25) is 0 Å². The Balaban J connectivity index is 1.41. The van der Waals surface area contributed by atoms with E-state index in [1.807, 2.05) is 23.3 Å². The zero-order valence-electron chi connectivity index (χ0n) is 13.8. The van der Waals surface area contributed by atoms with Crippen molar-refractivity contribution >= 4 is 17.2 Å². The van der Waals surface area contributed by atoms with Crippen molar-refractivity contribution in [3.63, 3.8) is 0 Å². The second kappa shape index (κ2) is 5.36. The van der Waals surface area contributed by atoms with Gasteiger partial charge >= 0.3 is 0 Å². The largest absolute Gasteiger partial charge is 0.341 e. The Labute approximate surface area is 137 Å². The minimum Gasteiger partial charge on any atom is -0.341 e. The average molecular weight is 317 g/mol. The molecule has 2 nitrogen and oxygen atoms in total. The van der Waals surface area contributed by atoms with E-state index in [9.17, 15) is 4.79 Å². The molecule has 0 atom stereocenters. The lowest BCUT2D eigenvalue weighted by Gasteiger charge is -2.56. The van der Waals surface area contributed by atoms with Crippen molar-refractivity contribution < 1.29 is 4.79 Å². The van der Waals surface area contributed by atoms with E-state index in [1.165, 1.54) is 48.3 Å². The standard InChI is InChI=1S/C19H27NOS/c1-13-3-4-17(22-13)12-20(2)18(21)11-19-8-14-5-15(9-19)7-16(6-14)10-19/h3-4,14-16H,5-12H2,1-2H3. The molecular formula is C19H27NOS. The summed E-state index contributed by atoms with van der Waals surface area (Å²) in [5.74, 6) is 3.17. The summed E-state index contributed by atoms with van der Waals surface area (Å²) in [5.41, 5.74) is 0.367. The highest BCUT2D eigenvalue weighted by Gasteiger charge is 2.51. The van der Waals surface area contributed by atoms with E-state index in [-0.39, 0.29) is 0 Å². The highest BCUT2D eigenvalue weighted by atomic mass is 32.1. The molecule has 4 bridgehead atoms. The quantitative estimate of drug-likeness (QED) is 0.793. The average Bonchev–Trinajstić information content (AvgIpc) is 2.81. The summed E-state index contributed by atoms with van der Waals surface area (Å²) in [6.45, 7) is 2.91. The molecule has 0 aromatic carbocycles. The third-order valence-corrected chi connectivity index (χ3v) is 7.29. The van der Waals surface area contributed by atoms with Crippen LogP contribution in [-0.2, 0) is 11.3 Å². The summed E-state index contributed by atoms with van der Waals surface area (Å²) in [4.78, 5) is 17.4. The van der Waals surface area contributed by atoms with Gasteiger partial charge in [0.05, 0.1) is 6.54 Å². The molecule has 4 aliphatic rings. The number of aryl methyl sites for hydroxylation is 1.